The van der Waals surface area contributed by atoms with Crippen LogP contribution < -0.4 is 0 Å². The van der Waals surface area contributed by atoms with Gasteiger partial charge in [-0.25, -0.2) is 0 Å². The van der Waals surface area contributed by atoms with Crippen molar-refractivity contribution >= 4 is 0 Å². The van der Waals surface area contributed by atoms with Crippen LogP contribution in [0, 0.1) is 22.2 Å². The van der Waals surface area contributed by atoms with Crippen molar-refractivity contribution in [3.05, 3.63) is 36.4 Å². The van der Waals surface area contributed by atoms with E-state index in [1.807, 2.05) is 36.4 Å². The third kappa shape index (κ3) is 803. The van der Waals surface area contributed by atoms with Gasteiger partial charge in [-0.2, -0.15) is 0 Å². The Balaban J connectivity index is -0.0000000597. The summed E-state index contributed by atoms with van der Waals surface area (Å²) < 4.78 is 4.25. The van der Waals surface area contributed by atoms with Crippen LogP contribution >= 0.6 is 0 Å². The van der Waals surface area contributed by atoms with Crippen molar-refractivity contribution in [2.45, 2.75) is 124 Å². The smallest absolute Gasteiger partial charge is 0.0351 e. The first-order valence-electron chi connectivity index (χ1n) is 12.0. The van der Waals surface area contributed by atoms with E-state index in [1.54, 1.807) is 14.2 Å². The van der Waals surface area contributed by atoms with Crippen molar-refractivity contribution in [1.29, 1.82) is 0 Å². The van der Waals surface area contributed by atoms with Gasteiger partial charge in [0.15, 0.2) is 0 Å². The third-order valence-corrected chi connectivity index (χ3v) is 0.667. The van der Waals surface area contributed by atoms with Crippen molar-refractivity contribution in [3.8, 4) is 0 Å². The van der Waals surface area contributed by atoms with Crippen molar-refractivity contribution < 1.29 is 4.74 Å². The molecule has 1 heteroatoms. The number of hydrogen-bond donors (Lipinski definition) is 0. The van der Waals surface area contributed by atoms with Crippen LogP contribution in [-0.2, 0) is 4.74 Å². The minimum absolute atomic E-state index is 0.500. The van der Waals surface area contributed by atoms with Gasteiger partial charge in [-0.05, 0) is 22.2 Å². The summed E-state index contributed by atoms with van der Waals surface area (Å²) in [5.41, 5.74) is 1.50. The van der Waals surface area contributed by atoms with E-state index < -0.39 is 0 Å². The summed E-state index contributed by atoms with van der Waals surface area (Å²) in [6.07, 6.45) is 1.25. The predicted octanol–water partition coefficient (Wildman–Crippen LogP) is 11.2. The maximum atomic E-state index is 4.25. The Morgan fingerprint density at radius 3 is 0.548 bits per heavy atom. The molecule has 0 aromatic heterocycles. The maximum Gasteiger partial charge on any atom is 0.0351 e. The molecular formula is C30H66O. The summed E-state index contributed by atoms with van der Waals surface area (Å²) in [6, 6.07) is 12.0. The number of methoxy groups -OCH3 is 1. The normalized spacial score (nSPS) is 9.68. The highest BCUT2D eigenvalue weighted by Gasteiger charge is 1.96. The van der Waals surface area contributed by atoms with Gasteiger partial charge in [-0.1, -0.05) is 161 Å². The van der Waals surface area contributed by atoms with E-state index in [-0.39, 0.29) is 0 Å². The minimum atomic E-state index is 0.500. The number of hydrogen-bond acceptors (Lipinski definition) is 1. The molecule has 0 radical (unpaired) electrons. The van der Waals surface area contributed by atoms with Gasteiger partial charge < -0.3 is 4.74 Å². The second-order valence-electron chi connectivity index (χ2n) is 13.0. The molecule has 0 N–H and O–H groups in total. The Hall–Kier alpha value is -0.820. The highest BCUT2D eigenvalue weighted by atomic mass is 16.4. The molecule has 1 aromatic carbocycles. The van der Waals surface area contributed by atoms with Crippen LogP contribution in [0.15, 0.2) is 36.4 Å². The van der Waals surface area contributed by atoms with Gasteiger partial charge >= 0.3 is 0 Å². The zero-order valence-corrected chi connectivity index (χ0v) is 25.7. The zero-order chi connectivity index (χ0) is 26.7. The van der Waals surface area contributed by atoms with Gasteiger partial charge in [-0.3, -0.25) is 0 Å². The number of rotatable bonds is 0. The molecule has 31 heavy (non-hydrogen) atoms. The van der Waals surface area contributed by atoms with Crippen LogP contribution in [0.2, 0.25) is 0 Å². The van der Waals surface area contributed by atoms with Gasteiger partial charge in [-0.15, -0.1) is 0 Å². The van der Waals surface area contributed by atoms with E-state index in [9.17, 15) is 0 Å². The maximum absolute atomic E-state index is 4.25. The highest BCUT2D eigenvalue weighted by Crippen LogP contribution is 2.08. The first-order chi connectivity index (χ1) is 13.6. The molecular weight excluding hydrogens is 376 g/mol. The Bertz CT molecular complexity index is 280. The lowest BCUT2D eigenvalue weighted by Gasteiger charge is -2.05. The van der Waals surface area contributed by atoms with Crippen molar-refractivity contribution in [2.24, 2.45) is 22.2 Å². The van der Waals surface area contributed by atoms with Gasteiger partial charge in [0.25, 0.3) is 0 Å². The fourth-order valence-corrected chi connectivity index (χ4v) is 0.385. The van der Waals surface area contributed by atoms with Gasteiger partial charge in [0.2, 0.25) is 0 Å². The SMILES string of the molecule is CC(C)(C)C.CC(C)(C)C.CC(C)(C)C.CC(C)C.CCC.COC.c1ccccc1. The summed E-state index contributed by atoms with van der Waals surface area (Å²) >= 11 is 0. The molecule has 0 saturated carbocycles. The lowest BCUT2D eigenvalue weighted by atomic mass is 10.0. The minimum Gasteiger partial charge on any atom is -0.388 e. The molecule has 0 spiro atoms. The largest absolute Gasteiger partial charge is 0.388 e. The van der Waals surface area contributed by atoms with Crippen LogP contribution in [0.4, 0.5) is 0 Å². The van der Waals surface area contributed by atoms with Crippen LogP contribution in [0.5, 0.6) is 0 Å². The molecule has 0 unspecified atom stereocenters. The average molecular weight is 443 g/mol. The van der Waals surface area contributed by atoms with Crippen LogP contribution in [0.1, 0.15) is 124 Å². The second kappa shape index (κ2) is 29.2. The van der Waals surface area contributed by atoms with Crippen molar-refractivity contribution in [1.82, 2.24) is 0 Å². The van der Waals surface area contributed by atoms with E-state index in [4.69, 9.17) is 0 Å². The van der Waals surface area contributed by atoms with E-state index in [0.717, 1.165) is 5.92 Å². The summed E-state index contributed by atoms with van der Waals surface area (Å²) in [6.45, 7) is 37.0. The quantitative estimate of drug-likeness (QED) is 0.388. The molecule has 0 heterocycles. The average Bonchev–Trinajstić information content (AvgIpc) is 2.45. The molecule has 192 valence electrons. The lowest BCUT2D eigenvalue weighted by molar-refractivity contribution is 0.277. The molecule has 0 aliphatic rings. The van der Waals surface area contributed by atoms with E-state index in [2.05, 4.69) is 122 Å². The Morgan fingerprint density at radius 1 is 0.484 bits per heavy atom. The number of benzene rings is 1. The van der Waals surface area contributed by atoms with Crippen LogP contribution in [0.25, 0.3) is 0 Å². The van der Waals surface area contributed by atoms with Gasteiger partial charge in [0, 0.05) is 14.2 Å². The molecule has 0 atom stereocenters. The van der Waals surface area contributed by atoms with Crippen LogP contribution in [-0.4, -0.2) is 14.2 Å². The fraction of sp³-hybridized carbons (Fsp3) is 0.800. The lowest BCUT2D eigenvalue weighted by Crippen LogP contribution is -1.93. The van der Waals surface area contributed by atoms with E-state index in [1.165, 1.54) is 6.42 Å². The predicted molar refractivity (Wildman–Crippen MR) is 151 cm³/mol. The molecule has 0 bridgehead atoms. The second-order valence-corrected chi connectivity index (χ2v) is 13.0. The number of ether oxygens (including phenoxy) is 1. The molecule has 0 amide bonds. The first kappa shape index (κ1) is 44.0. The molecule has 0 saturated heterocycles. The molecule has 1 nitrogen and oxygen atoms in total. The Kier molecular flexibility index (Phi) is 41.4. The molecule has 0 fully saturated rings. The van der Waals surface area contributed by atoms with Gasteiger partial charge in [0.05, 0.1) is 0 Å². The van der Waals surface area contributed by atoms with Crippen LogP contribution in [0.3, 0.4) is 0 Å². The third-order valence-electron chi connectivity index (χ3n) is 0.667. The molecule has 1 aromatic rings. The summed E-state index contributed by atoms with van der Waals surface area (Å²) in [5.74, 6) is 0.833. The topological polar surface area (TPSA) is 9.23 Å². The summed E-state index contributed by atoms with van der Waals surface area (Å²) in [7, 11) is 3.25. The van der Waals surface area contributed by atoms with E-state index in [0.29, 0.717) is 16.2 Å². The highest BCUT2D eigenvalue weighted by molar-refractivity contribution is 4.99. The molecule has 0 aliphatic carbocycles. The molecule has 0 aliphatic heterocycles. The first-order valence-corrected chi connectivity index (χ1v) is 12.0. The summed E-state index contributed by atoms with van der Waals surface area (Å²) in [5, 5.41) is 0. The van der Waals surface area contributed by atoms with Crippen molar-refractivity contribution in [3.63, 3.8) is 0 Å². The Morgan fingerprint density at radius 2 is 0.516 bits per heavy atom. The summed E-state index contributed by atoms with van der Waals surface area (Å²) in [4.78, 5) is 0. The van der Waals surface area contributed by atoms with Crippen molar-refractivity contribution in [2.75, 3.05) is 14.2 Å². The fourth-order valence-electron chi connectivity index (χ4n) is 0.385. The molecule has 1 rings (SSSR count). The zero-order valence-electron chi connectivity index (χ0n) is 25.7. The van der Waals surface area contributed by atoms with E-state index >= 15 is 0 Å². The monoisotopic (exact) mass is 443 g/mol. The van der Waals surface area contributed by atoms with Gasteiger partial charge in [0.1, 0.15) is 0 Å². The standard InChI is InChI=1S/C6H6.3C5H12.C4H10.C3H8.C2H6O/c1-2-4-6-5-3-1;3*1-5(2,3)4;1-4(2)3;2*1-3-2/h1-6H;3*1-4H3;4H,1-3H3;3H2,1-2H3;1-2H3. The Labute approximate surface area is 201 Å².